The summed E-state index contributed by atoms with van der Waals surface area (Å²) in [6, 6.07) is 7.57. The third-order valence-corrected chi connectivity index (χ3v) is 5.07. The maximum Gasteiger partial charge on any atom is 0.161 e. The second-order valence-corrected chi connectivity index (χ2v) is 6.70. The molecule has 0 radical (unpaired) electrons. The number of hydrogen-bond acceptors (Lipinski definition) is 2. The van der Waals surface area contributed by atoms with Gasteiger partial charge in [-0.1, -0.05) is 36.0 Å². The van der Waals surface area contributed by atoms with Crippen LogP contribution in [0.1, 0.15) is 37.3 Å². The lowest BCUT2D eigenvalue weighted by Gasteiger charge is -2.11. The number of rotatable bonds is 2. The summed E-state index contributed by atoms with van der Waals surface area (Å²) in [5, 5.41) is 1.18. The van der Waals surface area contributed by atoms with Crippen LogP contribution in [0.5, 0.6) is 0 Å². The highest BCUT2D eigenvalue weighted by molar-refractivity contribution is 9.10. The minimum absolute atomic E-state index is 0.503. The lowest BCUT2D eigenvalue weighted by atomic mass is 10.0. The van der Waals surface area contributed by atoms with Crippen LogP contribution < -0.4 is 0 Å². The molecule has 0 unspecified atom stereocenters. The minimum atomic E-state index is 0.503. The van der Waals surface area contributed by atoms with Crippen LogP contribution in [0.2, 0.25) is 10.2 Å². The Morgan fingerprint density at radius 2 is 1.80 bits per heavy atom. The number of hydrogen-bond donors (Lipinski definition) is 0. The highest BCUT2D eigenvalue weighted by atomic mass is 79.9. The summed E-state index contributed by atoms with van der Waals surface area (Å²) >= 11 is 15.6. The molecule has 1 saturated carbocycles. The summed E-state index contributed by atoms with van der Waals surface area (Å²) in [4.78, 5) is 9.03. The summed E-state index contributed by atoms with van der Waals surface area (Å²) < 4.78 is 0.836. The molecule has 20 heavy (non-hydrogen) atoms. The Morgan fingerprint density at radius 1 is 1.05 bits per heavy atom. The third kappa shape index (κ3) is 3.00. The summed E-state index contributed by atoms with van der Waals surface area (Å²) in [6.45, 7) is 0. The van der Waals surface area contributed by atoms with E-state index in [1.807, 2.05) is 24.3 Å². The van der Waals surface area contributed by atoms with Crippen molar-refractivity contribution in [2.24, 2.45) is 0 Å². The van der Waals surface area contributed by atoms with Crippen molar-refractivity contribution in [1.82, 2.24) is 9.97 Å². The molecule has 1 aliphatic rings. The van der Waals surface area contributed by atoms with E-state index in [2.05, 4.69) is 20.9 Å². The first-order valence-corrected chi connectivity index (χ1v) is 8.18. The van der Waals surface area contributed by atoms with Gasteiger partial charge < -0.3 is 0 Å². The average molecular weight is 372 g/mol. The fourth-order valence-corrected chi connectivity index (χ4v) is 3.32. The molecule has 0 spiro atoms. The molecule has 3 rings (SSSR count). The normalized spacial score (nSPS) is 15.8. The average Bonchev–Trinajstić information content (AvgIpc) is 2.95. The summed E-state index contributed by atoms with van der Waals surface area (Å²) in [5.41, 5.74) is 1.98. The molecule has 0 aliphatic heterocycles. The first-order valence-electron chi connectivity index (χ1n) is 6.63. The molecule has 1 aromatic carbocycles. The van der Waals surface area contributed by atoms with E-state index >= 15 is 0 Å². The van der Waals surface area contributed by atoms with Gasteiger partial charge in [-0.15, -0.1) is 0 Å². The second-order valence-electron chi connectivity index (χ2n) is 5.05. The lowest BCUT2D eigenvalue weighted by Crippen LogP contribution is -2.00. The van der Waals surface area contributed by atoms with E-state index in [4.69, 9.17) is 28.2 Å². The molecule has 2 nitrogen and oxygen atoms in total. The summed E-state index contributed by atoms with van der Waals surface area (Å²) in [7, 11) is 0. The quantitative estimate of drug-likeness (QED) is 0.617. The molecule has 0 saturated heterocycles. The zero-order valence-electron chi connectivity index (χ0n) is 10.7. The van der Waals surface area contributed by atoms with Crippen LogP contribution in [0.15, 0.2) is 28.7 Å². The molecule has 2 aromatic rings. The Balaban J connectivity index is 2.02. The van der Waals surface area contributed by atoms with Gasteiger partial charge in [0.2, 0.25) is 0 Å². The molecular weight excluding hydrogens is 359 g/mol. The van der Waals surface area contributed by atoms with Crippen molar-refractivity contribution in [3.05, 3.63) is 44.6 Å². The van der Waals surface area contributed by atoms with E-state index in [-0.39, 0.29) is 0 Å². The van der Waals surface area contributed by atoms with Gasteiger partial charge in [-0.2, -0.15) is 0 Å². The smallest absolute Gasteiger partial charge is 0.161 e. The van der Waals surface area contributed by atoms with Crippen molar-refractivity contribution in [2.45, 2.75) is 31.6 Å². The third-order valence-electron chi connectivity index (χ3n) is 3.67. The van der Waals surface area contributed by atoms with E-state index < -0.39 is 0 Å². The van der Waals surface area contributed by atoms with Gasteiger partial charge in [0.15, 0.2) is 5.82 Å². The summed E-state index contributed by atoms with van der Waals surface area (Å²) in [5.74, 6) is 1.18. The van der Waals surface area contributed by atoms with Crippen LogP contribution in [0.25, 0.3) is 11.4 Å². The molecule has 104 valence electrons. The van der Waals surface area contributed by atoms with Crippen LogP contribution in [0.4, 0.5) is 0 Å². The fraction of sp³-hybridized carbons (Fsp3) is 0.333. The van der Waals surface area contributed by atoms with Gasteiger partial charge in [0.1, 0.15) is 5.15 Å². The predicted octanol–water partition coefficient (Wildman–Crippen LogP) is 5.87. The number of benzene rings is 1. The highest BCUT2D eigenvalue weighted by Crippen LogP contribution is 2.35. The Morgan fingerprint density at radius 3 is 2.50 bits per heavy atom. The second kappa shape index (κ2) is 6.00. The first-order chi connectivity index (χ1) is 9.63. The minimum Gasteiger partial charge on any atom is -0.233 e. The lowest BCUT2D eigenvalue weighted by molar-refractivity contribution is 0.695. The van der Waals surface area contributed by atoms with E-state index in [9.17, 15) is 0 Å². The molecular formula is C15H13BrCl2N2. The van der Waals surface area contributed by atoms with E-state index in [1.54, 1.807) is 0 Å². The number of aromatic nitrogens is 2. The van der Waals surface area contributed by atoms with E-state index in [1.165, 1.54) is 25.7 Å². The van der Waals surface area contributed by atoms with Crippen molar-refractivity contribution in [2.75, 3.05) is 0 Å². The van der Waals surface area contributed by atoms with Crippen LogP contribution in [-0.4, -0.2) is 9.97 Å². The topological polar surface area (TPSA) is 25.8 Å². The van der Waals surface area contributed by atoms with Crippen LogP contribution in [-0.2, 0) is 0 Å². The molecule has 1 heterocycles. The standard InChI is InChI=1S/C15H13BrCl2N2/c16-11-7-10(5-6-12(11)17)15-19-13(8-14(18)20-15)9-3-1-2-4-9/h5-9H,1-4H2. The zero-order chi connectivity index (χ0) is 14.1. The number of nitrogens with zero attached hydrogens (tertiary/aromatic N) is 2. The van der Waals surface area contributed by atoms with Gasteiger partial charge in [-0.25, -0.2) is 9.97 Å². The predicted molar refractivity (Wildman–Crippen MR) is 86.4 cm³/mol. The van der Waals surface area contributed by atoms with Crippen molar-refractivity contribution < 1.29 is 0 Å². The van der Waals surface area contributed by atoms with Crippen LogP contribution in [0, 0.1) is 0 Å². The molecule has 1 fully saturated rings. The molecule has 1 aliphatic carbocycles. The molecule has 1 aromatic heterocycles. The number of halogens is 3. The van der Waals surface area contributed by atoms with E-state index in [0.29, 0.717) is 21.9 Å². The van der Waals surface area contributed by atoms with Crippen molar-refractivity contribution in [3.63, 3.8) is 0 Å². The molecule has 0 N–H and O–H groups in total. The maximum atomic E-state index is 6.16. The first kappa shape index (κ1) is 14.3. The molecule has 5 heteroatoms. The Labute approximate surface area is 136 Å². The van der Waals surface area contributed by atoms with Crippen LogP contribution >= 0.6 is 39.1 Å². The Hall–Kier alpha value is -0.640. The van der Waals surface area contributed by atoms with Crippen molar-refractivity contribution in [1.29, 1.82) is 0 Å². The zero-order valence-corrected chi connectivity index (χ0v) is 13.8. The maximum absolute atomic E-state index is 6.16. The molecule has 0 bridgehead atoms. The summed E-state index contributed by atoms with van der Waals surface area (Å²) in [6.07, 6.45) is 4.93. The highest BCUT2D eigenvalue weighted by Gasteiger charge is 2.20. The van der Waals surface area contributed by atoms with Crippen LogP contribution in [0.3, 0.4) is 0 Å². The van der Waals surface area contributed by atoms with Crippen molar-refractivity contribution >= 4 is 39.1 Å². The van der Waals surface area contributed by atoms with Gasteiger partial charge in [0.05, 0.1) is 5.02 Å². The van der Waals surface area contributed by atoms with Gasteiger partial charge in [0, 0.05) is 21.6 Å². The fourth-order valence-electron chi connectivity index (χ4n) is 2.63. The van der Waals surface area contributed by atoms with Gasteiger partial charge in [0.25, 0.3) is 0 Å². The van der Waals surface area contributed by atoms with Gasteiger partial charge in [-0.3, -0.25) is 0 Å². The SMILES string of the molecule is Clc1cc(C2CCCC2)nc(-c2ccc(Cl)c(Br)c2)n1. The molecule has 0 atom stereocenters. The Kier molecular flexibility index (Phi) is 4.29. The van der Waals surface area contributed by atoms with Gasteiger partial charge >= 0.3 is 0 Å². The Bertz CT molecular complexity index is 640. The van der Waals surface area contributed by atoms with E-state index in [0.717, 1.165) is 15.7 Å². The molecule has 0 amide bonds. The monoisotopic (exact) mass is 370 g/mol. The van der Waals surface area contributed by atoms with Crippen molar-refractivity contribution in [3.8, 4) is 11.4 Å². The van der Waals surface area contributed by atoms with Gasteiger partial charge in [-0.05, 0) is 53.0 Å². The largest absolute Gasteiger partial charge is 0.233 e.